The van der Waals surface area contributed by atoms with Crippen LogP contribution in [0.15, 0.2) is 42.5 Å². The fourth-order valence-corrected chi connectivity index (χ4v) is 5.01. The number of nitrogens with zero attached hydrogens (tertiary/aromatic N) is 3. The SMILES string of the molecule is COc1cccc([C@@H]2CC(=O)Nc3c2c(C)nn3-c2nc3ccccc3s2)c1OC. The summed E-state index contributed by atoms with van der Waals surface area (Å²) in [4.78, 5) is 17.4. The van der Waals surface area contributed by atoms with Crippen LogP contribution in [0.1, 0.15) is 29.2 Å². The molecule has 2 aromatic heterocycles. The Balaban J connectivity index is 1.69. The maximum Gasteiger partial charge on any atom is 0.226 e. The van der Waals surface area contributed by atoms with Crippen molar-refractivity contribution < 1.29 is 14.3 Å². The Kier molecular flexibility index (Phi) is 4.43. The molecule has 7 nitrogen and oxygen atoms in total. The molecule has 30 heavy (non-hydrogen) atoms. The molecule has 5 rings (SSSR count). The van der Waals surface area contributed by atoms with E-state index >= 15 is 0 Å². The molecule has 0 aliphatic carbocycles. The van der Waals surface area contributed by atoms with Crippen LogP contribution in [0.4, 0.5) is 5.82 Å². The number of amides is 1. The molecule has 152 valence electrons. The Morgan fingerprint density at radius 1 is 1.13 bits per heavy atom. The highest BCUT2D eigenvalue weighted by molar-refractivity contribution is 7.20. The third-order valence-electron chi connectivity index (χ3n) is 5.38. The van der Waals surface area contributed by atoms with Crippen LogP contribution in [0.25, 0.3) is 15.3 Å². The topological polar surface area (TPSA) is 78.3 Å². The highest BCUT2D eigenvalue weighted by atomic mass is 32.1. The number of rotatable bonds is 4. The molecule has 0 saturated carbocycles. The van der Waals surface area contributed by atoms with Crippen LogP contribution in [0, 0.1) is 6.92 Å². The lowest BCUT2D eigenvalue weighted by Gasteiger charge is -2.26. The van der Waals surface area contributed by atoms with E-state index in [4.69, 9.17) is 19.6 Å². The van der Waals surface area contributed by atoms with E-state index in [2.05, 4.69) is 5.32 Å². The van der Waals surface area contributed by atoms with Gasteiger partial charge in [0.15, 0.2) is 11.5 Å². The van der Waals surface area contributed by atoms with Crippen molar-refractivity contribution in [2.45, 2.75) is 19.3 Å². The number of aryl methyl sites for hydroxylation is 1. The van der Waals surface area contributed by atoms with Gasteiger partial charge in [-0.2, -0.15) is 9.78 Å². The molecule has 1 aliphatic rings. The van der Waals surface area contributed by atoms with Gasteiger partial charge in [-0.05, 0) is 25.1 Å². The zero-order chi connectivity index (χ0) is 20.8. The number of ether oxygens (including phenoxy) is 2. The molecule has 0 saturated heterocycles. The summed E-state index contributed by atoms with van der Waals surface area (Å²) in [7, 11) is 3.22. The second-order valence-corrected chi connectivity index (χ2v) is 8.12. The van der Waals surface area contributed by atoms with Crippen molar-refractivity contribution in [1.82, 2.24) is 14.8 Å². The van der Waals surface area contributed by atoms with E-state index in [1.165, 1.54) is 0 Å². The molecule has 0 spiro atoms. The Morgan fingerprint density at radius 3 is 2.73 bits per heavy atom. The summed E-state index contributed by atoms with van der Waals surface area (Å²) in [5.74, 6) is 1.68. The van der Waals surface area contributed by atoms with E-state index in [0.717, 1.165) is 32.2 Å². The van der Waals surface area contributed by atoms with Crippen LogP contribution < -0.4 is 14.8 Å². The zero-order valence-corrected chi connectivity index (χ0v) is 17.6. The van der Waals surface area contributed by atoms with Gasteiger partial charge in [-0.1, -0.05) is 35.6 Å². The number of methoxy groups -OCH3 is 2. The van der Waals surface area contributed by atoms with E-state index in [1.807, 2.05) is 49.4 Å². The maximum atomic E-state index is 12.7. The number of anilines is 1. The second-order valence-electron chi connectivity index (χ2n) is 7.11. The number of carbonyl (C=O) groups is 1. The van der Waals surface area contributed by atoms with Gasteiger partial charge in [-0.15, -0.1) is 0 Å². The smallest absolute Gasteiger partial charge is 0.226 e. The van der Waals surface area contributed by atoms with E-state index in [1.54, 1.807) is 30.2 Å². The van der Waals surface area contributed by atoms with Crippen molar-refractivity contribution in [2.24, 2.45) is 0 Å². The third kappa shape index (κ3) is 2.83. The first-order valence-corrected chi connectivity index (χ1v) is 10.4. The Hall–Kier alpha value is -3.39. The van der Waals surface area contributed by atoms with Crippen LogP contribution in [-0.2, 0) is 4.79 Å². The Morgan fingerprint density at radius 2 is 1.97 bits per heavy atom. The number of thiazole rings is 1. The molecule has 8 heteroatoms. The van der Waals surface area contributed by atoms with Crippen molar-refractivity contribution >= 4 is 33.3 Å². The van der Waals surface area contributed by atoms with Crippen LogP contribution >= 0.6 is 11.3 Å². The zero-order valence-electron chi connectivity index (χ0n) is 16.8. The minimum atomic E-state index is -0.193. The molecule has 2 aromatic carbocycles. The monoisotopic (exact) mass is 420 g/mol. The van der Waals surface area contributed by atoms with Crippen molar-refractivity contribution in [1.29, 1.82) is 0 Å². The molecule has 1 amide bonds. The van der Waals surface area contributed by atoms with Crippen molar-refractivity contribution in [3.63, 3.8) is 0 Å². The number of carbonyl (C=O) groups excluding carboxylic acids is 1. The van der Waals surface area contributed by atoms with E-state index in [9.17, 15) is 4.79 Å². The Labute approximate surface area is 177 Å². The summed E-state index contributed by atoms with van der Waals surface area (Å²) in [6.45, 7) is 1.96. The first kappa shape index (κ1) is 18.6. The molecule has 4 aromatic rings. The van der Waals surface area contributed by atoms with Crippen LogP contribution in [0.3, 0.4) is 0 Å². The average molecular weight is 420 g/mol. The molecule has 0 bridgehead atoms. The molecule has 1 aliphatic heterocycles. The molecule has 1 atom stereocenters. The van der Waals surface area contributed by atoms with Gasteiger partial charge in [0.25, 0.3) is 0 Å². The largest absolute Gasteiger partial charge is 0.493 e. The predicted molar refractivity (Wildman–Crippen MR) is 116 cm³/mol. The fraction of sp³-hybridized carbons (Fsp3) is 0.227. The van der Waals surface area contributed by atoms with Crippen molar-refractivity contribution in [3.05, 3.63) is 59.3 Å². The summed E-state index contributed by atoms with van der Waals surface area (Å²) in [6.07, 6.45) is 0.308. The van der Waals surface area contributed by atoms with Gasteiger partial charge in [-0.25, -0.2) is 4.98 Å². The number of benzene rings is 2. The summed E-state index contributed by atoms with van der Waals surface area (Å²) in [6, 6.07) is 13.7. The number of fused-ring (bicyclic) bond motifs is 2. The molecule has 0 radical (unpaired) electrons. The van der Waals surface area contributed by atoms with E-state index < -0.39 is 0 Å². The van der Waals surface area contributed by atoms with Crippen molar-refractivity contribution in [3.8, 4) is 16.6 Å². The number of para-hydroxylation sites is 2. The van der Waals surface area contributed by atoms with Crippen molar-refractivity contribution in [2.75, 3.05) is 19.5 Å². The molecule has 0 fully saturated rings. The number of nitrogens with one attached hydrogen (secondary N) is 1. The van der Waals surface area contributed by atoms with Gasteiger partial charge in [0.1, 0.15) is 5.82 Å². The summed E-state index contributed by atoms with van der Waals surface area (Å²) in [5.41, 5.74) is 3.63. The van der Waals surface area contributed by atoms with Crippen LogP contribution in [-0.4, -0.2) is 34.9 Å². The first-order chi connectivity index (χ1) is 14.6. The normalized spacial score (nSPS) is 15.7. The van der Waals surface area contributed by atoms with Crippen LogP contribution in [0.2, 0.25) is 0 Å². The number of aromatic nitrogens is 3. The summed E-state index contributed by atoms with van der Waals surface area (Å²) < 4.78 is 13.9. The first-order valence-electron chi connectivity index (χ1n) is 9.57. The minimum absolute atomic E-state index is 0.0698. The third-order valence-corrected chi connectivity index (χ3v) is 6.39. The average Bonchev–Trinajstić information content (AvgIpc) is 3.33. The highest BCUT2D eigenvalue weighted by Crippen LogP contribution is 2.46. The standard InChI is InChI=1S/C22H20N4O3S/c1-12-19-14(13-7-6-9-16(28-2)20(13)29-3)11-18(27)24-21(19)26(25-12)22-23-15-8-4-5-10-17(15)30-22/h4-10,14H,11H2,1-3H3,(H,24,27)/t14-/m0/s1. The highest BCUT2D eigenvalue weighted by Gasteiger charge is 2.35. The predicted octanol–water partition coefficient (Wildman–Crippen LogP) is 4.28. The van der Waals surface area contributed by atoms with E-state index in [-0.39, 0.29) is 11.8 Å². The van der Waals surface area contributed by atoms with Gasteiger partial charge >= 0.3 is 0 Å². The Bertz CT molecular complexity index is 1240. The molecule has 3 heterocycles. The maximum absolute atomic E-state index is 12.7. The number of hydrogen-bond donors (Lipinski definition) is 1. The van der Waals surface area contributed by atoms with Crippen LogP contribution in [0.5, 0.6) is 11.5 Å². The van der Waals surface area contributed by atoms with Gasteiger partial charge < -0.3 is 14.8 Å². The molecule has 0 unspecified atom stereocenters. The lowest BCUT2D eigenvalue weighted by Crippen LogP contribution is -2.25. The summed E-state index contributed by atoms with van der Waals surface area (Å²) in [5, 5.41) is 8.48. The second kappa shape index (κ2) is 7.14. The van der Waals surface area contributed by atoms with Gasteiger partial charge in [0.05, 0.1) is 30.1 Å². The lowest BCUT2D eigenvalue weighted by molar-refractivity contribution is -0.116. The summed E-state index contributed by atoms with van der Waals surface area (Å²) >= 11 is 1.54. The van der Waals surface area contributed by atoms with E-state index in [0.29, 0.717) is 23.7 Å². The minimum Gasteiger partial charge on any atom is -0.493 e. The van der Waals surface area contributed by atoms with Gasteiger partial charge in [-0.3, -0.25) is 4.79 Å². The quantitative estimate of drug-likeness (QED) is 0.533. The fourth-order valence-electron chi connectivity index (χ4n) is 4.09. The number of hydrogen-bond acceptors (Lipinski definition) is 6. The molecular weight excluding hydrogens is 400 g/mol. The molecular formula is C22H20N4O3S. The molecule has 1 N–H and O–H groups in total. The van der Waals surface area contributed by atoms with Gasteiger partial charge in [0, 0.05) is 23.5 Å². The van der Waals surface area contributed by atoms with Gasteiger partial charge in [0.2, 0.25) is 11.0 Å². The lowest BCUT2D eigenvalue weighted by atomic mass is 9.85.